The van der Waals surface area contributed by atoms with Crippen LogP contribution in [0.2, 0.25) is 0 Å². The quantitative estimate of drug-likeness (QED) is 0.719. The van der Waals surface area contributed by atoms with Crippen molar-refractivity contribution in [3.8, 4) is 0 Å². The third-order valence-corrected chi connectivity index (χ3v) is 8.60. The Labute approximate surface area is 172 Å². The minimum absolute atomic E-state index is 0.0621. The molecule has 1 amide bonds. The Morgan fingerprint density at radius 1 is 1.34 bits per heavy atom. The van der Waals surface area contributed by atoms with Crippen molar-refractivity contribution in [1.82, 2.24) is 19.8 Å². The summed E-state index contributed by atoms with van der Waals surface area (Å²) in [5, 5.41) is 3.96. The summed E-state index contributed by atoms with van der Waals surface area (Å²) in [5.41, 5.74) is -0.453. The van der Waals surface area contributed by atoms with Gasteiger partial charge in [-0.25, -0.2) is 13.1 Å². The van der Waals surface area contributed by atoms with Gasteiger partial charge in [-0.15, -0.1) is 0 Å². The summed E-state index contributed by atoms with van der Waals surface area (Å²) in [5.74, 6) is 2.20. The number of fused-ring (bicyclic) bond motifs is 1. The molecule has 1 aromatic heterocycles. The van der Waals surface area contributed by atoms with Crippen molar-refractivity contribution in [2.24, 2.45) is 11.8 Å². The molecule has 1 aliphatic heterocycles. The zero-order valence-corrected chi connectivity index (χ0v) is 18.2. The summed E-state index contributed by atoms with van der Waals surface area (Å²) in [6.45, 7) is 4.59. The summed E-state index contributed by atoms with van der Waals surface area (Å²) < 4.78 is 32.5. The summed E-state index contributed by atoms with van der Waals surface area (Å²) in [7, 11) is -3.28. The van der Waals surface area contributed by atoms with E-state index >= 15 is 0 Å². The molecular formula is C20H32N4O4S. The number of carbonyl (C=O) groups is 1. The number of nitrogens with zero attached hydrogens (tertiary/aromatic N) is 3. The van der Waals surface area contributed by atoms with E-state index in [1.54, 1.807) is 13.8 Å². The minimum Gasteiger partial charge on any atom is -0.341 e. The first-order chi connectivity index (χ1) is 13.8. The second-order valence-corrected chi connectivity index (χ2v) is 11.2. The standard InChI is InChI=1S/C20H32N4O4S/c1-3-29(26,27)23-17-10-16-12-24(18(25)9-8-15-6-4-5-7-15)13-20(16,11-17)19-21-14(2)22-28-19/h15-17,23H,3-13H2,1-2H3/t16-,17+,20-/m0/s1. The highest BCUT2D eigenvalue weighted by atomic mass is 32.2. The number of nitrogens with one attached hydrogen (secondary N) is 1. The molecule has 3 fully saturated rings. The third-order valence-electron chi connectivity index (χ3n) is 7.15. The van der Waals surface area contributed by atoms with Crippen LogP contribution in [0.25, 0.3) is 0 Å². The first-order valence-corrected chi connectivity index (χ1v) is 12.5. The van der Waals surface area contributed by atoms with Crippen molar-refractivity contribution in [3.05, 3.63) is 11.7 Å². The molecule has 3 atom stereocenters. The van der Waals surface area contributed by atoms with Gasteiger partial charge >= 0.3 is 0 Å². The zero-order valence-electron chi connectivity index (χ0n) is 17.4. The molecule has 29 heavy (non-hydrogen) atoms. The number of aryl methyl sites for hydroxylation is 1. The molecule has 8 nitrogen and oxygen atoms in total. The lowest BCUT2D eigenvalue weighted by Gasteiger charge is -2.25. The van der Waals surface area contributed by atoms with E-state index in [4.69, 9.17) is 4.52 Å². The molecule has 9 heteroatoms. The molecule has 2 heterocycles. The third kappa shape index (κ3) is 4.21. The van der Waals surface area contributed by atoms with Gasteiger partial charge in [0, 0.05) is 25.6 Å². The zero-order chi connectivity index (χ0) is 20.6. The Bertz CT molecular complexity index is 848. The van der Waals surface area contributed by atoms with E-state index in [0.717, 1.165) is 6.42 Å². The van der Waals surface area contributed by atoms with Crippen LogP contribution in [-0.2, 0) is 20.2 Å². The largest absolute Gasteiger partial charge is 0.341 e. The van der Waals surface area contributed by atoms with Gasteiger partial charge in [0.15, 0.2) is 5.82 Å². The Morgan fingerprint density at radius 3 is 2.76 bits per heavy atom. The van der Waals surface area contributed by atoms with Crippen LogP contribution < -0.4 is 4.72 Å². The Balaban J connectivity index is 1.48. The van der Waals surface area contributed by atoms with Crippen LogP contribution >= 0.6 is 0 Å². The van der Waals surface area contributed by atoms with E-state index in [1.807, 2.05) is 4.90 Å². The average Bonchev–Trinajstić information content (AvgIpc) is 3.42. The van der Waals surface area contributed by atoms with Crippen LogP contribution in [0, 0.1) is 18.8 Å². The number of amides is 1. The van der Waals surface area contributed by atoms with E-state index in [9.17, 15) is 13.2 Å². The summed E-state index contributed by atoms with van der Waals surface area (Å²) in [6.07, 6.45) is 7.94. The monoisotopic (exact) mass is 424 g/mol. The fraction of sp³-hybridized carbons (Fsp3) is 0.850. The van der Waals surface area contributed by atoms with Crippen LogP contribution in [0.3, 0.4) is 0 Å². The molecule has 0 bridgehead atoms. The SMILES string of the molecule is CCS(=O)(=O)N[C@@H]1C[C@H]2CN(C(=O)CCC3CCCC3)C[C@@]2(c2nc(C)no2)C1. The molecule has 1 N–H and O–H groups in total. The van der Waals surface area contributed by atoms with Crippen molar-refractivity contribution in [2.45, 2.75) is 76.7 Å². The molecule has 0 unspecified atom stereocenters. The van der Waals surface area contributed by atoms with E-state index in [0.29, 0.717) is 50.0 Å². The highest BCUT2D eigenvalue weighted by Crippen LogP contribution is 2.50. The van der Waals surface area contributed by atoms with Gasteiger partial charge in [0.2, 0.25) is 21.8 Å². The highest BCUT2D eigenvalue weighted by molar-refractivity contribution is 7.89. The van der Waals surface area contributed by atoms with Crippen LogP contribution in [0.4, 0.5) is 0 Å². The van der Waals surface area contributed by atoms with Crippen molar-refractivity contribution in [3.63, 3.8) is 0 Å². The molecule has 4 rings (SSSR count). The number of likely N-dealkylation sites (tertiary alicyclic amines) is 1. The van der Waals surface area contributed by atoms with Gasteiger partial charge in [-0.3, -0.25) is 4.79 Å². The van der Waals surface area contributed by atoms with E-state index in [1.165, 1.54) is 25.7 Å². The summed E-state index contributed by atoms with van der Waals surface area (Å²) in [4.78, 5) is 19.4. The fourth-order valence-corrected chi connectivity index (χ4v) is 6.46. The van der Waals surface area contributed by atoms with Gasteiger partial charge in [-0.05, 0) is 44.9 Å². The number of hydrogen-bond acceptors (Lipinski definition) is 6. The van der Waals surface area contributed by atoms with E-state index in [2.05, 4.69) is 14.9 Å². The van der Waals surface area contributed by atoms with Gasteiger partial charge in [0.25, 0.3) is 0 Å². The first kappa shape index (κ1) is 20.8. The van der Waals surface area contributed by atoms with Gasteiger partial charge in [-0.1, -0.05) is 30.8 Å². The van der Waals surface area contributed by atoms with Gasteiger partial charge < -0.3 is 9.42 Å². The normalized spacial score (nSPS) is 30.2. The molecule has 0 spiro atoms. The Kier molecular flexibility index (Phi) is 5.72. The lowest BCUT2D eigenvalue weighted by Crippen LogP contribution is -2.40. The van der Waals surface area contributed by atoms with E-state index in [-0.39, 0.29) is 23.6 Å². The molecule has 3 aliphatic rings. The van der Waals surface area contributed by atoms with Gasteiger partial charge in [-0.2, -0.15) is 4.98 Å². The van der Waals surface area contributed by atoms with Gasteiger partial charge in [0.1, 0.15) is 0 Å². The molecule has 1 aromatic rings. The molecular weight excluding hydrogens is 392 g/mol. The predicted molar refractivity (Wildman–Crippen MR) is 108 cm³/mol. The number of hydrogen-bond donors (Lipinski definition) is 1. The second kappa shape index (κ2) is 7.98. The Hall–Kier alpha value is -1.48. The van der Waals surface area contributed by atoms with Crippen LogP contribution in [0.1, 0.15) is 70.0 Å². The number of aromatic nitrogens is 2. The second-order valence-electron chi connectivity index (χ2n) is 9.12. The summed E-state index contributed by atoms with van der Waals surface area (Å²) in [6, 6.07) is -0.159. The van der Waals surface area contributed by atoms with Crippen LogP contribution in [0.5, 0.6) is 0 Å². The maximum Gasteiger partial charge on any atom is 0.235 e. The smallest absolute Gasteiger partial charge is 0.235 e. The topological polar surface area (TPSA) is 105 Å². The fourth-order valence-electron chi connectivity index (χ4n) is 5.60. The molecule has 2 saturated carbocycles. The lowest BCUT2D eigenvalue weighted by atomic mass is 9.80. The maximum atomic E-state index is 12.9. The van der Waals surface area contributed by atoms with Crippen molar-refractivity contribution >= 4 is 15.9 Å². The lowest BCUT2D eigenvalue weighted by molar-refractivity contribution is -0.130. The number of sulfonamides is 1. The van der Waals surface area contributed by atoms with Crippen molar-refractivity contribution in [1.29, 1.82) is 0 Å². The average molecular weight is 425 g/mol. The molecule has 162 valence electrons. The number of carbonyl (C=O) groups excluding carboxylic acids is 1. The summed E-state index contributed by atoms with van der Waals surface area (Å²) >= 11 is 0. The Morgan fingerprint density at radius 2 is 2.10 bits per heavy atom. The molecule has 2 aliphatic carbocycles. The van der Waals surface area contributed by atoms with Crippen molar-refractivity contribution in [2.75, 3.05) is 18.8 Å². The van der Waals surface area contributed by atoms with Crippen LogP contribution in [-0.4, -0.2) is 54.2 Å². The maximum absolute atomic E-state index is 12.9. The molecule has 0 aromatic carbocycles. The molecule has 1 saturated heterocycles. The first-order valence-electron chi connectivity index (χ1n) is 10.9. The van der Waals surface area contributed by atoms with Crippen LogP contribution in [0.15, 0.2) is 4.52 Å². The highest BCUT2D eigenvalue weighted by Gasteiger charge is 2.58. The molecule has 0 radical (unpaired) electrons. The number of rotatable bonds is 7. The minimum atomic E-state index is -3.28. The van der Waals surface area contributed by atoms with Crippen molar-refractivity contribution < 1.29 is 17.7 Å². The predicted octanol–water partition coefficient (Wildman–Crippen LogP) is 2.15. The van der Waals surface area contributed by atoms with E-state index < -0.39 is 15.4 Å². The van der Waals surface area contributed by atoms with Gasteiger partial charge in [0.05, 0.1) is 11.2 Å².